The molecule has 0 amide bonds. The van der Waals surface area contributed by atoms with E-state index in [0.717, 1.165) is 13.2 Å². The van der Waals surface area contributed by atoms with E-state index in [-0.39, 0.29) is 0 Å². The molecule has 0 bridgehead atoms. The second-order valence-corrected chi connectivity index (χ2v) is 3.49. The predicted octanol–water partition coefficient (Wildman–Crippen LogP) is 1.78. The number of hydrogen-bond acceptors (Lipinski definition) is 1. The minimum Gasteiger partial charge on any atom is -0.418 e. The summed E-state index contributed by atoms with van der Waals surface area (Å²) in [5.41, 5.74) is 0. The fourth-order valence-electron chi connectivity index (χ4n) is 1.10. The summed E-state index contributed by atoms with van der Waals surface area (Å²) in [6, 6.07) is 0. The minimum atomic E-state index is -6.00. The maximum Gasteiger partial charge on any atom is 0.673 e. The molecule has 0 aromatic heterocycles. The Bertz CT molecular complexity index is 152. The number of halogens is 4. The Kier molecular flexibility index (Phi) is 5.44. The Labute approximate surface area is 81.5 Å². The van der Waals surface area contributed by atoms with Crippen molar-refractivity contribution in [1.82, 2.24) is 0 Å². The zero-order valence-electron chi connectivity index (χ0n) is 8.48. The van der Waals surface area contributed by atoms with Crippen LogP contribution in [0.3, 0.4) is 0 Å². The third kappa shape index (κ3) is 8.31. The molecule has 1 heterocycles. The largest absolute Gasteiger partial charge is 0.673 e. The van der Waals surface area contributed by atoms with Gasteiger partial charge in [-0.05, 0) is 6.92 Å². The van der Waals surface area contributed by atoms with E-state index >= 15 is 0 Å². The van der Waals surface area contributed by atoms with Crippen LogP contribution in [0.15, 0.2) is 0 Å². The first-order valence-corrected chi connectivity index (χ1v) is 4.55. The quantitative estimate of drug-likeness (QED) is 0.369. The van der Waals surface area contributed by atoms with Crippen LogP contribution in [0.5, 0.6) is 0 Å². The van der Waals surface area contributed by atoms with Gasteiger partial charge in [0, 0.05) is 0 Å². The van der Waals surface area contributed by atoms with Crippen LogP contribution in [0.2, 0.25) is 0 Å². The van der Waals surface area contributed by atoms with Crippen LogP contribution < -0.4 is 0 Å². The normalized spacial score (nSPS) is 21.0. The molecule has 0 aromatic rings. The van der Waals surface area contributed by atoms with Crippen LogP contribution in [0, 0.1) is 0 Å². The number of rotatable bonds is 1. The summed E-state index contributed by atoms with van der Waals surface area (Å²) in [4.78, 5) is 0. The van der Waals surface area contributed by atoms with E-state index in [4.69, 9.17) is 4.74 Å². The fourth-order valence-corrected chi connectivity index (χ4v) is 1.10. The van der Waals surface area contributed by atoms with E-state index in [0.29, 0.717) is 0 Å². The highest BCUT2D eigenvalue weighted by molar-refractivity contribution is 6.50. The van der Waals surface area contributed by atoms with E-state index in [1.54, 1.807) is 0 Å². The van der Waals surface area contributed by atoms with Gasteiger partial charge in [-0.1, -0.05) is 0 Å². The van der Waals surface area contributed by atoms with Crippen LogP contribution in [0.25, 0.3) is 0 Å². The first-order valence-electron chi connectivity index (χ1n) is 4.55. The molecule has 0 atom stereocenters. The maximum atomic E-state index is 9.75. The van der Waals surface area contributed by atoms with E-state index in [1.807, 2.05) is 0 Å². The van der Waals surface area contributed by atoms with Gasteiger partial charge >= 0.3 is 7.25 Å². The number of likely N-dealkylation sites (N-methyl/N-ethyl adjacent to an activating group) is 1. The van der Waals surface area contributed by atoms with Crippen LogP contribution in [0.1, 0.15) is 6.92 Å². The first-order chi connectivity index (χ1) is 6.27. The molecule has 14 heavy (non-hydrogen) atoms. The smallest absolute Gasteiger partial charge is 0.418 e. The Morgan fingerprint density at radius 1 is 1.14 bits per heavy atom. The van der Waals surface area contributed by atoms with E-state index in [9.17, 15) is 17.3 Å². The van der Waals surface area contributed by atoms with Crippen molar-refractivity contribution in [1.29, 1.82) is 0 Å². The summed E-state index contributed by atoms with van der Waals surface area (Å²) >= 11 is 0. The van der Waals surface area contributed by atoms with Gasteiger partial charge in [0.15, 0.2) is 0 Å². The zero-order chi connectivity index (χ0) is 11.2. The van der Waals surface area contributed by atoms with Gasteiger partial charge in [0.1, 0.15) is 13.1 Å². The van der Waals surface area contributed by atoms with E-state index in [1.165, 1.54) is 24.1 Å². The predicted molar refractivity (Wildman–Crippen MR) is 47.5 cm³/mol. The molecule has 1 fully saturated rings. The van der Waals surface area contributed by atoms with Crippen molar-refractivity contribution in [2.45, 2.75) is 6.92 Å². The number of quaternary nitrogens is 1. The van der Waals surface area contributed by atoms with Crippen molar-refractivity contribution in [2.24, 2.45) is 0 Å². The molecule has 1 saturated heterocycles. The average molecular weight is 217 g/mol. The first kappa shape index (κ1) is 13.7. The Hall–Kier alpha value is -0.295. The van der Waals surface area contributed by atoms with Crippen LogP contribution in [-0.4, -0.2) is 51.6 Å². The van der Waals surface area contributed by atoms with Gasteiger partial charge in [-0.2, -0.15) is 0 Å². The van der Waals surface area contributed by atoms with Crippen molar-refractivity contribution in [3.05, 3.63) is 0 Å². The lowest BCUT2D eigenvalue weighted by Gasteiger charge is -2.36. The molecule has 0 N–H and O–H groups in total. The summed E-state index contributed by atoms with van der Waals surface area (Å²) < 4.78 is 45.4. The van der Waals surface area contributed by atoms with Crippen molar-refractivity contribution >= 4 is 7.25 Å². The molecule has 1 rings (SSSR count). The SMILES string of the molecule is CC[N+]1(C)CCOCC1.F[B-](F)(F)F. The highest BCUT2D eigenvalue weighted by Gasteiger charge is 2.22. The topological polar surface area (TPSA) is 9.23 Å². The molecule has 0 spiro atoms. The number of nitrogens with zero attached hydrogens (tertiary/aromatic N) is 1. The second kappa shape index (κ2) is 5.55. The van der Waals surface area contributed by atoms with Gasteiger partial charge < -0.3 is 26.5 Å². The molecule has 2 nitrogen and oxygen atoms in total. The van der Waals surface area contributed by atoms with Crippen LogP contribution >= 0.6 is 0 Å². The lowest BCUT2D eigenvalue weighted by atomic mass is 10.3. The molecule has 0 saturated carbocycles. The molecular weight excluding hydrogens is 201 g/mol. The fraction of sp³-hybridized carbons (Fsp3) is 1.00. The highest BCUT2D eigenvalue weighted by Crippen LogP contribution is 2.06. The standard InChI is InChI=1S/C7H16NO.BF4/c1-3-8(2)4-6-9-7-5-8;2-1(3,4)5/h3-7H2,1-2H3;/q+1;-1. The summed E-state index contributed by atoms with van der Waals surface area (Å²) in [6.45, 7) is 7.76. The zero-order valence-corrected chi connectivity index (χ0v) is 8.48. The van der Waals surface area contributed by atoms with Crippen molar-refractivity contribution in [3.63, 3.8) is 0 Å². The summed E-state index contributed by atoms with van der Waals surface area (Å²) in [6.07, 6.45) is 0. The molecule has 0 radical (unpaired) electrons. The van der Waals surface area contributed by atoms with E-state index in [2.05, 4.69) is 14.0 Å². The molecule has 7 heteroatoms. The second-order valence-electron chi connectivity index (χ2n) is 3.49. The summed E-state index contributed by atoms with van der Waals surface area (Å²) in [7, 11) is -3.71. The maximum absolute atomic E-state index is 9.75. The Morgan fingerprint density at radius 2 is 1.50 bits per heavy atom. The molecular formula is C7H16BF4NO. The number of ether oxygens (including phenoxy) is 1. The van der Waals surface area contributed by atoms with Gasteiger partial charge in [0.05, 0.1) is 26.8 Å². The van der Waals surface area contributed by atoms with Gasteiger partial charge in [-0.3, -0.25) is 0 Å². The molecule has 1 aliphatic heterocycles. The highest BCUT2D eigenvalue weighted by atomic mass is 19.5. The van der Waals surface area contributed by atoms with Crippen molar-refractivity contribution < 1.29 is 26.5 Å². The lowest BCUT2D eigenvalue weighted by molar-refractivity contribution is -0.915. The summed E-state index contributed by atoms with van der Waals surface area (Å²) in [5.74, 6) is 0. The lowest BCUT2D eigenvalue weighted by Crippen LogP contribution is -2.51. The molecule has 0 aliphatic carbocycles. The van der Waals surface area contributed by atoms with Crippen LogP contribution in [-0.2, 0) is 4.74 Å². The summed E-state index contributed by atoms with van der Waals surface area (Å²) in [5, 5.41) is 0. The number of hydrogen-bond donors (Lipinski definition) is 0. The Balaban J connectivity index is 0.000000292. The van der Waals surface area contributed by atoms with E-state index < -0.39 is 7.25 Å². The molecule has 1 aliphatic rings. The number of morpholine rings is 1. The third-order valence-corrected chi connectivity index (χ3v) is 2.31. The van der Waals surface area contributed by atoms with Gasteiger partial charge in [0.25, 0.3) is 0 Å². The third-order valence-electron chi connectivity index (χ3n) is 2.31. The minimum absolute atomic E-state index is 0.949. The Morgan fingerprint density at radius 3 is 1.71 bits per heavy atom. The monoisotopic (exact) mass is 217 g/mol. The van der Waals surface area contributed by atoms with Gasteiger partial charge in [-0.25, -0.2) is 0 Å². The van der Waals surface area contributed by atoms with Gasteiger partial charge in [-0.15, -0.1) is 0 Å². The van der Waals surface area contributed by atoms with Crippen molar-refractivity contribution in [2.75, 3.05) is 39.9 Å². The molecule has 86 valence electrons. The molecule has 0 unspecified atom stereocenters. The van der Waals surface area contributed by atoms with Crippen molar-refractivity contribution in [3.8, 4) is 0 Å². The van der Waals surface area contributed by atoms with Crippen LogP contribution in [0.4, 0.5) is 17.3 Å². The average Bonchev–Trinajstić information content (AvgIpc) is 2.03. The van der Waals surface area contributed by atoms with Gasteiger partial charge in [0.2, 0.25) is 0 Å². The molecule has 0 aromatic carbocycles.